The van der Waals surface area contributed by atoms with Crippen LogP contribution in [0.15, 0.2) is 12.1 Å². The van der Waals surface area contributed by atoms with Gasteiger partial charge in [0.2, 0.25) is 0 Å². The summed E-state index contributed by atoms with van der Waals surface area (Å²) in [6.45, 7) is 5.22. The Balaban J connectivity index is 1.90. The number of aryl methyl sites for hydroxylation is 2. The molecule has 1 saturated carbocycles. The third-order valence-electron chi connectivity index (χ3n) is 3.62. The van der Waals surface area contributed by atoms with Crippen molar-refractivity contribution < 1.29 is 10.2 Å². The van der Waals surface area contributed by atoms with Crippen LogP contribution in [-0.4, -0.2) is 22.4 Å². The fraction of sp³-hybridized carbons (Fsp3) is 0.571. The van der Waals surface area contributed by atoms with Crippen molar-refractivity contribution >= 4 is 0 Å². The van der Waals surface area contributed by atoms with Gasteiger partial charge in [-0.25, -0.2) is 0 Å². The van der Waals surface area contributed by atoms with Crippen LogP contribution in [0.1, 0.15) is 36.0 Å². The fourth-order valence-corrected chi connectivity index (χ4v) is 2.35. The first-order valence-corrected chi connectivity index (χ1v) is 6.22. The number of phenols is 1. The highest BCUT2D eigenvalue weighted by molar-refractivity contribution is 5.42. The van der Waals surface area contributed by atoms with E-state index in [1.807, 2.05) is 26.0 Å². The standard InChI is InChI=1S/C14H21NO2/c1-10-6-12(7-11(2)13(10)16)8-15-9-14(17)4-3-5-14/h6-7,15-17H,3-5,8-9H2,1-2H3. The molecule has 1 aliphatic rings. The third kappa shape index (κ3) is 2.79. The minimum absolute atomic E-state index is 0.381. The highest BCUT2D eigenvalue weighted by atomic mass is 16.3. The molecule has 0 spiro atoms. The lowest BCUT2D eigenvalue weighted by molar-refractivity contribution is -0.0314. The average molecular weight is 235 g/mol. The second-order valence-corrected chi connectivity index (χ2v) is 5.26. The van der Waals surface area contributed by atoms with E-state index in [1.54, 1.807) is 0 Å². The molecule has 0 unspecified atom stereocenters. The maximum Gasteiger partial charge on any atom is 0.121 e. The predicted octanol–water partition coefficient (Wildman–Crippen LogP) is 2.01. The fourth-order valence-electron chi connectivity index (χ4n) is 2.35. The molecule has 0 atom stereocenters. The molecule has 1 aromatic carbocycles. The van der Waals surface area contributed by atoms with Crippen molar-refractivity contribution in [1.29, 1.82) is 0 Å². The average Bonchev–Trinajstić information content (AvgIpc) is 2.23. The number of nitrogens with one attached hydrogen (secondary N) is 1. The largest absolute Gasteiger partial charge is 0.507 e. The van der Waals surface area contributed by atoms with Gasteiger partial charge in [-0.3, -0.25) is 0 Å². The van der Waals surface area contributed by atoms with Gasteiger partial charge >= 0.3 is 0 Å². The van der Waals surface area contributed by atoms with E-state index in [-0.39, 0.29) is 0 Å². The van der Waals surface area contributed by atoms with Crippen LogP contribution in [0.5, 0.6) is 5.75 Å². The van der Waals surface area contributed by atoms with Gasteiger partial charge in [0.25, 0.3) is 0 Å². The number of aliphatic hydroxyl groups is 1. The van der Waals surface area contributed by atoms with Crippen molar-refractivity contribution in [3.05, 3.63) is 28.8 Å². The van der Waals surface area contributed by atoms with Gasteiger partial charge < -0.3 is 15.5 Å². The van der Waals surface area contributed by atoms with Crippen LogP contribution < -0.4 is 5.32 Å². The Bertz CT molecular complexity index is 388. The molecular weight excluding hydrogens is 214 g/mol. The highest BCUT2D eigenvalue weighted by Gasteiger charge is 2.33. The lowest BCUT2D eigenvalue weighted by atomic mass is 9.80. The Morgan fingerprint density at radius 2 is 1.82 bits per heavy atom. The van der Waals surface area contributed by atoms with Crippen molar-refractivity contribution in [2.45, 2.75) is 45.3 Å². The van der Waals surface area contributed by atoms with Gasteiger partial charge in [0.15, 0.2) is 0 Å². The summed E-state index contributed by atoms with van der Waals surface area (Å²) in [5.74, 6) is 0.381. The number of hydrogen-bond acceptors (Lipinski definition) is 3. The van der Waals surface area contributed by atoms with Crippen LogP contribution >= 0.6 is 0 Å². The molecule has 0 amide bonds. The Labute approximate surface area is 102 Å². The molecule has 0 bridgehead atoms. The van der Waals surface area contributed by atoms with Gasteiger partial charge in [-0.05, 0) is 49.8 Å². The molecule has 94 valence electrons. The zero-order valence-electron chi connectivity index (χ0n) is 10.6. The van der Waals surface area contributed by atoms with Crippen molar-refractivity contribution in [2.75, 3.05) is 6.54 Å². The van der Waals surface area contributed by atoms with Crippen LogP contribution in [0.3, 0.4) is 0 Å². The van der Waals surface area contributed by atoms with E-state index in [0.29, 0.717) is 12.3 Å². The van der Waals surface area contributed by atoms with E-state index in [9.17, 15) is 10.2 Å². The third-order valence-corrected chi connectivity index (χ3v) is 3.62. The molecule has 1 aromatic rings. The zero-order valence-corrected chi connectivity index (χ0v) is 10.6. The number of benzene rings is 1. The van der Waals surface area contributed by atoms with Crippen LogP contribution in [0.25, 0.3) is 0 Å². The first kappa shape index (κ1) is 12.4. The van der Waals surface area contributed by atoms with Gasteiger partial charge in [0, 0.05) is 13.1 Å². The summed E-state index contributed by atoms with van der Waals surface area (Å²) >= 11 is 0. The molecule has 2 rings (SSSR count). The minimum Gasteiger partial charge on any atom is -0.507 e. The summed E-state index contributed by atoms with van der Waals surface area (Å²) in [5, 5.41) is 22.9. The first-order chi connectivity index (χ1) is 8.00. The summed E-state index contributed by atoms with van der Waals surface area (Å²) in [6.07, 6.45) is 2.96. The van der Waals surface area contributed by atoms with E-state index in [0.717, 1.165) is 42.5 Å². The first-order valence-electron chi connectivity index (χ1n) is 6.22. The maximum absolute atomic E-state index is 9.94. The van der Waals surface area contributed by atoms with Crippen LogP contribution in [0.2, 0.25) is 0 Å². The second kappa shape index (κ2) is 4.67. The molecule has 0 heterocycles. The normalized spacial score (nSPS) is 17.8. The number of hydrogen-bond donors (Lipinski definition) is 3. The quantitative estimate of drug-likeness (QED) is 0.748. The number of aromatic hydroxyl groups is 1. The van der Waals surface area contributed by atoms with Crippen LogP contribution in [0, 0.1) is 13.8 Å². The Morgan fingerprint density at radius 3 is 2.29 bits per heavy atom. The summed E-state index contributed by atoms with van der Waals surface area (Å²) in [4.78, 5) is 0. The molecule has 0 aliphatic heterocycles. The molecule has 0 radical (unpaired) electrons. The van der Waals surface area contributed by atoms with Crippen molar-refractivity contribution in [3.8, 4) is 5.75 Å². The Kier molecular flexibility index (Phi) is 3.40. The summed E-state index contributed by atoms with van der Waals surface area (Å²) in [5.41, 5.74) is 2.50. The molecule has 0 aromatic heterocycles. The molecule has 3 nitrogen and oxygen atoms in total. The topological polar surface area (TPSA) is 52.5 Å². The zero-order chi connectivity index (χ0) is 12.5. The molecule has 1 fully saturated rings. The Morgan fingerprint density at radius 1 is 1.24 bits per heavy atom. The van der Waals surface area contributed by atoms with Gasteiger partial charge in [0.1, 0.15) is 5.75 Å². The van der Waals surface area contributed by atoms with E-state index in [2.05, 4.69) is 5.32 Å². The number of phenolic OH excluding ortho intramolecular Hbond substituents is 1. The second-order valence-electron chi connectivity index (χ2n) is 5.26. The predicted molar refractivity (Wildman–Crippen MR) is 68.1 cm³/mol. The van der Waals surface area contributed by atoms with Gasteiger partial charge in [-0.1, -0.05) is 12.1 Å². The lowest BCUT2D eigenvalue weighted by Gasteiger charge is -2.36. The van der Waals surface area contributed by atoms with E-state index in [4.69, 9.17) is 0 Å². The molecular formula is C14H21NO2. The van der Waals surface area contributed by atoms with E-state index >= 15 is 0 Å². The smallest absolute Gasteiger partial charge is 0.121 e. The molecule has 0 saturated heterocycles. The summed E-state index contributed by atoms with van der Waals surface area (Å²) in [6, 6.07) is 3.97. The van der Waals surface area contributed by atoms with E-state index in [1.165, 1.54) is 0 Å². The van der Waals surface area contributed by atoms with Crippen LogP contribution in [-0.2, 0) is 6.54 Å². The van der Waals surface area contributed by atoms with Crippen LogP contribution in [0.4, 0.5) is 0 Å². The number of rotatable bonds is 4. The SMILES string of the molecule is Cc1cc(CNCC2(O)CCC2)cc(C)c1O. The van der Waals surface area contributed by atoms with Crippen molar-refractivity contribution in [3.63, 3.8) is 0 Å². The molecule has 3 heteroatoms. The molecule has 1 aliphatic carbocycles. The van der Waals surface area contributed by atoms with Crippen molar-refractivity contribution in [1.82, 2.24) is 5.32 Å². The van der Waals surface area contributed by atoms with Gasteiger partial charge in [-0.15, -0.1) is 0 Å². The maximum atomic E-state index is 9.94. The summed E-state index contributed by atoms with van der Waals surface area (Å²) in [7, 11) is 0. The van der Waals surface area contributed by atoms with E-state index < -0.39 is 5.60 Å². The summed E-state index contributed by atoms with van der Waals surface area (Å²) < 4.78 is 0. The highest BCUT2D eigenvalue weighted by Crippen LogP contribution is 2.30. The molecule has 17 heavy (non-hydrogen) atoms. The molecule has 3 N–H and O–H groups in total. The van der Waals surface area contributed by atoms with Crippen molar-refractivity contribution in [2.24, 2.45) is 0 Å². The van der Waals surface area contributed by atoms with Gasteiger partial charge in [0.05, 0.1) is 5.60 Å². The Hall–Kier alpha value is -1.06. The minimum atomic E-state index is -0.471. The van der Waals surface area contributed by atoms with Gasteiger partial charge in [-0.2, -0.15) is 0 Å². The lowest BCUT2D eigenvalue weighted by Crippen LogP contribution is -2.45. The monoisotopic (exact) mass is 235 g/mol.